The van der Waals surface area contributed by atoms with Crippen LogP contribution in [0.2, 0.25) is 0 Å². The van der Waals surface area contributed by atoms with Gasteiger partial charge in [-0.05, 0) is 114 Å². The van der Waals surface area contributed by atoms with Crippen LogP contribution in [0.15, 0.2) is 102 Å². The maximum absolute atomic E-state index is 4.20. The summed E-state index contributed by atoms with van der Waals surface area (Å²) in [4.78, 5) is 0. The second-order valence-electron chi connectivity index (χ2n) is 11.5. The lowest BCUT2D eigenvalue weighted by Gasteiger charge is -2.43. The summed E-state index contributed by atoms with van der Waals surface area (Å²) in [6.45, 7) is 4.20. The van der Waals surface area contributed by atoms with Crippen LogP contribution >= 0.6 is 0 Å². The number of allylic oxidation sites excluding steroid dienone is 15. The molecule has 0 saturated carbocycles. The number of hydrogen-bond acceptors (Lipinski definition) is 0. The van der Waals surface area contributed by atoms with Crippen molar-refractivity contribution in [2.45, 2.75) is 63.7 Å². The van der Waals surface area contributed by atoms with Gasteiger partial charge in [-0.25, -0.2) is 0 Å². The van der Waals surface area contributed by atoms with Crippen LogP contribution in [0.5, 0.6) is 0 Å². The summed E-state index contributed by atoms with van der Waals surface area (Å²) in [5.41, 5.74) is 13.6. The first kappa shape index (κ1) is 21.4. The van der Waals surface area contributed by atoms with E-state index in [4.69, 9.17) is 0 Å². The molecule has 0 radical (unpaired) electrons. The summed E-state index contributed by atoms with van der Waals surface area (Å²) < 4.78 is 0. The molecule has 0 saturated heterocycles. The predicted octanol–water partition coefficient (Wildman–Crippen LogP) is 8.90. The van der Waals surface area contributed by atoms with Gasteiger partial charge in [-0.15, -0.1) is 0 Å². The van der Waals surface area contributed by atoms with Gasteiger partial charge in [0, 0.05) is 11.8 Å². The van der Waals surface area contributed by atoms with Crippen molar-refractivity contribution in [2.24, 2.45) is 17.8 Å². The Kier molecular flexibility index (Phi) is 5.30. The minimum absolute atomic E-state index is 0.451. The molecule has 0 fully saturated rings. The van der Waals surface area contributed by atoms with Gasteiger partial charge in [0.2, 0.25) is 0 Å². The van der Waals surface area contributed by atoms with Gasteiger partial charge in [-0.3, -0.25) is 0 Å². The normalized spacial score (nSPS) is 30.8. The lowest BCUT2D eigenvalue weighted by Crippen LogP contribution is -2.30. The van der Waals surface area contributed by atoms with Crippen LogP contribution in [-0.2, 0) is 12.8 Å². The van der Waals surface area contributed by atoms with Crippen molar-refractivity contribution in [3.63, 3.8) is 0 Å². The molecule has 0 aliphatic heterocycles. The average Bonchev–Trinajstić information content (AvgIpc) is 2.91. The van der Waals surface area contributed by atoms with E-state index in [1.165, 1.54) is 79.2 Å². The van der Waals surface area contributed by atoms with Crippen LogP contribution < -0.4 is 0 Å². The Morgan fingerprint density at radius 3 is 2.57 bits per heavy atom. The molecule has 4 atom stereocenters. The second kappa shape index (κ2) is 8.66. The van der Waals surface area contributed by atoms with Crippen molar-refractivity contribution < 1.29 is 0 Å². The first-order valence-corrected chi connectivity index (χ1v) is 14.0. The van der Waals surface area contributed by atoms with Crippen molar-refractivity contribution in [1.82, 2.24) is 0 Å². The molecule has 0 spiro atoms. The van der Waals surface area contributed by atoms with Crippen LogP contribution in [-0.4, -0.2) is 0 Å². The summed E-state index contributed by atoms with van der Waals surface area (Å²) in [6.07, 6.45) is 35.5. The van der Waals surface area contributed by atoms with E-state index in [0.29, 0.717) is 17.8 Å². The highest BCUT2D eigenvalue weighted by molar-refractivity contribution is 5.90. The molecule has 1 aromatic carbocycles. The SMILES string of the molecule is C=C1C=CC(C2=C3C=CC=CC3C(C3C=CC4=CCCCC4C3)c3cc4c(cc32)CCCC4)=CC1. The van der Waals surface area contributed by atoms with Gasteiger partial charge in [0.25, 0.3) is 0 Å². The van der Waals surface area contributed by atoms with Crippen LogP contribution in [0.25, 0.3) is 5.57 Å². The Hall–Kier alpha value is -2.86. The van der Waals surface area contributed by atoms with Crippen LogP contribution in [0, 0.1) is 17.8 Å². The topological polar surface area (TPSA) is 0 Å². The summed E-state index contributed by atoms with van der Waals surface area (Å²) in [5.74, 6) is 2.34. The zero-order valence-corrected chi connectivity index (χ0v) is 20.8. The van der Waals surface area contributed by atoms with Crippen molar-refractivity contribution in [3.8, 4) is 0 Å². The molecule has 0 bridgehead atoms. The highest BCUT2D eigenvalue weighted by atomic mass is 14.4. The van der Waals surface area contributed by atoms with Crippen molar-refractivity contribution >= 4 is 5.57 Å². The largest absolute Gasteiger partial charge is 0.0955 e. The Labute approximate surface area is 210 Å². The lowest BCUT2D eigenvalue weighted by atomic mass is 9.60. The van der Waals surface area contributed by atoms with E-state index in [1.807, 2.05) is 0 Å². The molecule has 6 aliphatic carbocycles. The Bertz CT molecular complexity index is 1300. The standard InChI is InChI=1S/C35H36/c1-23-14-16-25(17-15-23)34-30-12-6-7-13-31(30)35(29-19-18-24-8-2-3-9-26(24)20-29)33-22-28-11-5-4-10-27(28)21-32(33)34/h6-8,12-14,16-19,21-22,26,29,31,35H,1-5,9-11,15,20H2. The number of benzene rings is 1. The second-order valence-corrected chi connectivity index (χ2v) is 11.5. The molecule has 0 heterocycles. The molecular weight excluding hydrogens is 420 g/mol. The van der Waals surface area contributed by atoms with Crippen LogP contribution in [0.1, 0.15) is 73.1 Å². The van der Waals surface area contributed by atoms with Gasteiger partial charge in [0.15, 0.2) is 0 Å². The first-order valence-electron chi connectivity index (χ1n) is 14.0. The molecular formula is C35H36. The van der Waals surface area contributed by atoms with E-state index in [0.717, 1.165) is 12.3 Å². The average molecular weight is 457 g/mol. The van der Waals surface area contributed by atoms with Gasteiger partial charge in [-0.1, -0.05) is 85.0 Å². The van der Waals surface area contributed by atoms with E-state index < -0.39 is 0 Å². The summed E-state index contributed by atoms with van der Waals surface area (Å²) >= 11 is 0. The van der Waals surface area contributed by atoms with E-state index in [2.05, 4.69) is 79.5 Å². The molecule has 0 nitrogen and oxygen atoms in total. The molecule has 0 heteroatoms. The molecule has 4 unspecified atom stereocenters. The maximum atomic E-state index is 4.20. The Balaban J connectivity index is 1.42. The highest BCUT2D eigenvalue weighted by Crippen LogP contribution is 2.54. The third kappa shape index (κ3) is 3.65. The zero-order valence-electron chi connectivity index (χ0n) is 20.8. The fourth-order valence-corrected chi connectivity index (χ4v) is 7.69. The molecule has 6 aliphatic rings. The van der Waals surface area contributed by atoms with Crippen molar-refractivity contribution in [2.75, 3.05) is 0 Å². The minimum Gasteiger partial charge on any atom is -0.0955 e. The fourth-order valence-electron chi connectivity index (χ4n) is 7.69. The van der Waals surface area contributed by atoms with Gasteiger partial charge in [0.05, 0.1) is 0 Å². The van der Waals surface area contributed by atoms with E-state index in [1.54, 1.807) is 22.3 Å². The van der Waals surface area contributed by atoms with Gasteiger partial charge in [0.1, 0.15) is 0 Å². The van der Waals surface area contributed by atoms with Gasteiger partial charge >= 0.3 is 0 Å². The van der Waals surface area contributed by atoms with E-state index in [9.17, 15) is 0 Å². The third-order valence-electron chi connectivity index (χ3n) is 9.42. The molecule has 7 rings (SSSR count). The van der Waals surface area contributed by atoms with Gasteiger partial charge < -0.3 is 0 Å². The monoisotopic (exact) mass is 456 g/mol. The highest BCUT2D eigenvalue weighted by Gasteiger charge is 2.41. The third-order valence-corrected chi connectivity index (χ3v) is 9.42. The molecule has 35 heavy (non-hydrogen) atoms. The van der Waals surface area contributed by atoms with Gasteiger partial charge in [-0.2, -0.15) is 0 Å². The Morgan fingerprint density at radius 2 is 1.71 bits per heavy atom. The fraction of sp³-hybridized carbons (Fsp3) is 0.371. The molecule has 176 valence electrons. The van der Waals surface area contributed by atoms with Crippen LogP contribution in [0.4, 0.5) is 0 Å². The van der Waals surface area contributed by atoms with Crippen molar-refractivity contribution in [1.29, 1.82) is 0 Å². The quantitative estimate of drug-likeness (QED) is 0.417. The summed E-state index contributed by atoms with van der Waals surface area (Å²) in [6, 6.07) is 5.27. The molecule has 0 N–H and O–H groups in total. The number of aryl methyl sites for hydroxylation is 2. The summed E-state index contributed by atoms with van der Waals surface area (Å²) in [7, 11) is 0. The van der Waals surface area contributed by atoms with Crippen molar-refractivity contribution in [3.05, 3.63) is 124 Å². The minimum atomic E-state index is 0.451. The van der Waals surface area contributed by atoms with E-state index in [-0.39, 0.29) is 0 Å². The van der Waals surface area contributed by atoms with E-state index >= 15 is 0 Å². The predicted molar refractivity (Wildman–Crippen MR) is 148 cm³/mol. The molecule has 0 amide bonds. The summed E-state index contributed by atoms with van der Waals surface area (Å²) in [5, 5.41) is 0. The maximum Gasteiger partial charge on any atom is 0.0102 e. The Morgan fingerprint density at radius 1 is 0.829 bits per heavy atom. The first-order chi connectivity index (χ1) is 17.3. The zero-order chi connectivity index (χ0) is 23.4. The molecule has 0 aromatic heterocycles. The molecule has 1 aromatic rings. The number of hydrogen-bond donors (Lipinski definition) is 0. The van der Waals surface area contributed by atoms with Crippen LogP contribution in [0.3, 0.4) is 0 Å². The number of rotatable bonds is 2. The number of fused-ring (bicyclic) bond motifs is 4. The smallest absolute Gasteiger partial charge is 0.0102 e. The lowest BCUT2D eigenvalue weighted by molar-refractivity contribution is 0.339.